The Kier molecular flexibility index (Phi) is 11.7. The van der Waals surface area contributed by atoms with Crippen molar-refractivity contribution in [3.8, 4) is 33.6 Å². The van der Waals surface area contributed by atoms with E-state index in [0.717, 1.165) is 113 Å². The van der Waals surface area contributed by atoms with Crippen molar-refractivity contribution in [2.24, 2.45) is 5.92 Å². The fourth-order valence-electron chi connectivity index (χ4n) is 9.57. The molecule has 1 saturated carbocycles. The lowest BCUT2D eigenvalue weighted by Crippen LogP contribution is -2.51. The number of fused-ring (bicyclic) bond motifs is 1. The molecule has 4 atom stereocenters. The molecule has 3 N–H and O–H groups in total. The Bertz CT molecular complexity index is 2540. The highest BCUT2D eigenvalue weighted by Crippen LogP contribution is 2.40. The number of aromatic amines is 2. The molecule has 0 bridgehead atoms. The highest BCUT2D eigenvalue weighted by Gasteiger charge is 2.42. The van der Waals surface area contributed by atoms with E-state index in [4.69, 9.17) is 14.7 Å². The van der Waals surface area contributed by atoms with Gasteiger partial charge in [-0.2, -0.15) is 0 Å². The second-order valence-electron chi connectivity index (χ2n) is 17.3. The molecule has 12 nitrogen and oxygen atoms in total. The minimum absolute atomic E-state index is 0.0812. The van der Waals surface area contributed by atoms with Gasteiger partial charge in [-0.3, -0.25) is 14.5 Å². The van der Waals surface area contributed by atoms with Crippen molar-refractivity contribution >= 4 is 28.7 Å². The molecule has 6 aromatic rings. The molecule has 4 unspecified atom stereocenters. The van der Waals surface area contributed by atoms with Crippen LogP contribution in [0.5, 0.6) is 0 Å². The number of likely N-dealkylation sites (N-methyl/N-ethyl adjacent to an activating group) is 1. The quantitative estimate of drug-likeness (QED) is 0.105. The zero-order chi connectivity index (χ0) is 42.9. The topological polar surface area (TPSA) is 140 Å². The van der Waals surface area contributed by atoms with E-state index in [2.05, 4.69) is 105 Å². The van der Waals surface area contributed by atoms with E-state index in [1.54, 1.807) is 0 Å². The number of nitrogens with one attached hydrogen (secondary N) is 3. The molecule has 1 aliphatic carbocycles. The predicted molar refractivity (Wildman–Crippen MR) is 241 cm³/mol. The summed E-state index contributed by atoms with van der Waals surface area (Å²) in [7, 11) is 1.30. The summed E-state index contributed by atoms with van der Waals surface area (Å²) in [6.45, 7) is 8.17. The molecule has 4 heterocycles. The third-order valence-corrected chi connectivity index (χ3v) is 13.0. The first-order chi connectivity index (χ1) is 30.2. The van der Waals surface area contributed by atoms with Crippen LogP contribution < -0.4 is 5.32 Å². The van der Waals surface area contributed by atoms with Gasteiger partial charge in [0.1, 0.15) is 23.7 Å². The Morgan fingerprint density at radius 2 is 1.27 bits per heavy atom. The molecule has 2 saturated heterocycles. The zero-order valence-corrected chi connectivity index (χ0v) is 36.0. The maximum Gasteiger partial charge on any atom is 0.407 e. The first kappa shape index (κ1) is 41.1. The Hall–Kier alpha value is -6.27. The van der Waals surface area contributed by atoms with E-state index in [1.165, 1.54) is 7.11 Å². The molecule has 3 aliphatic rings. The molecule has 4 aromatic carbocycles. The van der Waals surface area contributed by atoms with Crippen LogP contribution in [0.15, 0.2) is 103 Å². The SMILES string of the molecule is CCN(C1CC1)C(C(=O)N1CCCC1c1ncc(-c2ccc(-c3ccc4cc(-c5cnc(C6CCCN6C(=O)C(NC(=O)OC)C(C)C)[nH]5)ccc4c3)cc2)[nH]1)c1ccccc1. The number of carbonyl (C=O) groups is 3. The van der Waals surface area contributed by atoms with Crippen LogP contribution in [0.2, 0.25) is 0 Å². The van der Waals surface area contributed by atoms with Crippen LogP contribution in [0.4, 0.5) is 4.79 Å². The van der Waals surface area contributed by atoms with Crippen LogP contribution >= 0.6 is 0 Å². The number of methoxy groups -OCH3 is 1. The van der Waals surface area contributed by atoms with E-state index in [-0.39, 0.29) is 35.9 Å². The summed E-state index contributed by atoms with van der Waals surface area (Å²) in [5.41, 5.74) is 7.18. The van der Waals surface area contributed by atoms with Crippen molar-refractivity contribution in [3.63, 3.8) is 0 Å². The molecule has 2 aromatic heterocycles. The van der Waals surface area contributed by atoms with Crippen LogP contribution in [-0.4, -0.2) is 91.4 Å². The summed E-state index contributed by atoms with van der Waals surface area (Å²) in [5, 5.41) is 4.95. The van der Waals surface area contributed by atoms with Gasteiger partial charge in [-0.25, -0.2) is 14.8 Å². The highest BCUT2D eigenvalue weighted by molar-refractivity contribution is 5.91. The van der Waals surface area contributed by atoms with Gasteiger partial charge >= 0.3 is 6.09 Å². The smallest absolute Gasteiger partial charge is 0.407 e. The van der Waals surface area contributed by atoms with Crippen molar-refractivity contribution in [2.75, 3.05) is 26.7 Å². The molecule has 0 radical (unpaired) electrons. The van der Waals surface area contributed by atoms with Gasteiger partial charge in [-0.05, 0) is 96.1 Å². The highest BCUT2D eigenvalue weighted by atomic mass is 16.5. The molecule has 62 heavy (non-hydrogen) atoms. The largest absolute Gasteiger partial charge is 0.453 e. The number of hydrogen-bond donors (Lipinski definition) is 3. The second-order valence-corrected chi connectivity index (χ2v) is 17.3. The molecule has 2 aliphatic heterocycles. The van der Waals surface area contributed by atoms with Crippen molar-refractivity contribution in [1.29, 1.82) is 0 Å². The monoisotopic (exact) mass is 832 g/mol. The van der Waals surface area contributed by atoms with Gasteiger partial charge in [-0.15, -0.1) is 0 Å². The zero-order valence-electron chi connectivity index (χ0n) is 36.0. The molecule has 3 amide bonds. The van der Waals surface area contributed by atoms with Crippen LogP contribution in [-0.2, 0) is 14.3 Å². The second kappa shape index (κ2) is 17.6. The lowest BCUT2D eigenvalue weighted by atomic mass is 9.98. The van der Waals surface area contributed by atoms with Crippen LogP contribution in [0.25, 0.3) is 44.4 Å². The van der Waals surface area contributed by atoms with E-state index in [9.17, 15) is 14.4 Å². The van der Waals surface area contributed by atoms with Gasteiger partial charge in [0.05, 0.1) is 43.0 Å². The molecular formula is C50H56N8O4. The normalized spacial score (nSPS) is 18.7. The maximum absolute atomic E-state index is 14.4. The summed E-state index contributed by atoms with van der Waals surface area (Å²) >= 11 is 0. The van der Waals surface area contributed by atoms with Gasteiger partial charge in [0, 0.05) is 24.7 Å². The van der Waals surface area contributed by atoms with Crippen LogP contribution in [0, 0.1) is 5.92 Å². The third-order valence-electron chi connectivity index (χ3n) is 13.0. The molecular weight excluding hydrogens is 777 g/mol. The lowest BCUT2D eigenvalue weighted by molar-refractivity contribution is -0.139. The number of alkyl carbamates (subject to hydrolysis) is 1. The van der Waals surface area contributed by atoms with Gasteiger partial charge in [0.25, 0.3) is 0 Å². The summed E-state index contributed by atoms with van der Waals surface area (Å²) in [4.78, 5) is 63.0. The number of H-pyrrole nitrogens is 2. The number of amides is 3. The van der Waals surface area contributed by atoms with Gasteiger partial charge in [-0.1, -0.05) is 99.6 Å². The third kappa shape index (κ3) is 8.23. The van der Waals surface area contributed by atoms with Crippen molar-refractivity contribution in [1.82, 2.24) is 40.0 Å². The van der Waals surface area contributed by atoms with E-state index < -0.39 is 12.1 Å². The number of nitrogens with zero attached hydrogens (tertiary/aromatic N) is 5. The maximum atomic E-state index is 14.4. The van der Waals surface area contributed by atoms with E-state index >= 15 is 0 Å². The fourth-order valence-corrected chi connectivity index (χ4v) is 9.57. The Morgan fingerprint density at radius 1 is 0.726 bits per heavy atom. The Morgan fingerprint density at radius 3 is 1.85 bits per heavy atom. The molecule has 3 fully saturated rings. The number of carbonyl (C=O) groups excluding carboxylic acids is 3. The van der Waals surface area contributed by atoms with Crippen molar-refractivity contribution in [2.45, 2.75) is 89.5 Å². The molecule has 320 valence electrons. The number of imidazole rings is 2. The average molecular weight is 833 g/mol. The standard InChI is InChI=1S/C50H56N8O4/c1-5-56(39-23-24-39)45(34-11-7-6-8-12-34)49(60)58-26-10-14-43(58)47-51-29-40(53-47)33-17-15-32(16-18-33)35-19-20-37-28-38(22-21-36(37)27-35)41-30-52-46(54-41)42-13-9-25-57(42)48(59)44(31(2)3)55-50(61)62-4/h6-8,11-12,15-22,27-31,39,42-45H,5,9-10,13-14,23-26H2,1-4H3,(H,51,53)(H,52,54)(H,55,61). The fraction of sp³-hybridized carbons (Fsp3) is 0.380. The van der Waals surface area contributed by atoms with Crippen molar-refractivity contribution in [3.05, 3.63) is 121 Å². The summed E-state index contributed by atoms with van der Waals surface area (Å²) in [5.74, 6) is 1.53. The van der Waals surface area contributed by atoms with Gasteiger partial charge < -0.3 is 29.8 Å². The van der Waals surface area contributed by atoms with Gasteiger partial charge in [0.2, 0.25) is 11.8 Å². The Balaban J connectivity index is 0.875. The number of likely N-dealkylation sites (tertiary alicyclic amines) is 2. The Labute approximate surface area is 363 Å². The number of hydrogen-bond acceptors (Lipinski definition) is 7. The first-order valence-corrected chi connectivity index (χ1v) is 22.2. The molecule has 0 spiro atoms. The van der Waals surface area contributed by atoms with Gasteiger partial charge in [0.15, 0.2) is 0 Å². The number of ether oxygens (including phenoxy) is 1. The van der Waals surface area contributed by atoms with Crippen molar-refractivity contribution < 1.29 is 19.1 Å². The summed E-state index contributed by atoms with van der Waals surface area (Å²) in [6, 6.07) is 31.0. The summed E-state index contributed by atoms with van der Waals surface area (Å²) in [6.07, 6.45) is 8.92. The minimum Gasteiger partial charge on any atom is -0.453 e. The first-order valence-electron chi connectivity index (χ1n) is 22.2. The van der Waals surface area contributed by atoms with Crippen LogP contribution in [0.3, 0.4) is 0 Å². The summed E-state index contributed by atoms with van der Waals surface area (Å²) < 4.78 is 4.78. The lowest BCUT2D eigenvalue weighted by Gasteiger charge is -2.35. The van der Waals surface area contributed by atoms with E-state index in [1.807, 2.05) is 49.3 Å². The average Bonchev–Trinajstić information content (AvgIpc) is 3.77. The molecule has 12 heteroatoms. The molecule has 9 rings (SSSR count). The van der Waals surface area contributed by atoms with Crippen LogP contribution in [0.1, 0.15) is 94.6 Å². The number of rotatable bonds is 13. The minimum atomic E-state index is -0.680. The predicted octanol–water partition coefficient (Wildman–Crippen LogP) is 9.22. The number of benzene rings is 4. The number of aromatic nitrogens is 4. The van der Waals surface area contributed by atoms with E-state index in [0.29, 0.717) is 12.6 Å².